The number of allylic oxidation sites excluding steroid dienone is 1. The fourth-order valence-corrected chi connectivity index (χ4v) is 5.50. The molecule has 1 saturated heterocycles. The molecule has 2 aliphatic rings. The number of nitrogens with two attached hydrogens (primary N) is 1. The average molecular weight is 548 g/mol. The summed E-state index contributed by atoms with van der Waals surface area (Å²) in [6.07, 6.45) is 3.89. The summed E-state index contributed by atoms with van der Waals surface area (Å²) in [6.45, 7) is 5.93. The highest BCUT2D eigenvalue weighted by Crippen LogP contribution is 2.35. The Hall–Kier alpha value is -4.02. The Labute approximate surface area is 227 Å². The molecule has 0 aliphatic carbocycles. The first kappa shape index (κ1) is 26.6. The Morgan fingerprint density at radius 1 is 1.18 bits per heavy atom. The van der Waals surface area contributed by atoms with E-state index in [1.54, 1.807) is 6.08 Å². The van der Waals surface area contributed by atoms with E-state index >= 15 is 0 Å². The molecule has 0 radical (unpaired) electrons. The van der Waals surface area contributed by atoms with Crippen LogP contribution in [0.2, 0.25) is 0 Å². The van der Waals surface area contributed by atoms with Crippen molar-refractivity contribution in [1.82, 2.24) is 14.7 Å². The molecule has 1 unspecified atom stereocenters. The largest absolute Gasteiger partial charge is 0.438 e. The number of fused-ring (bicyclic) bond motifs is 1. The van der Waals surface area contributed by atoms with Gasteiger partial charge in [0.15, 0.2) is 0 Å². The third-order valence-corrected chi connectivity index (χ3v) is 7.24. The first-order valence-electron chi connectivity index (χ1n) is 12.4. The normalized spacial score (nSPS) is 16.9. The molecular formula is C27H29N7O4S. The van der Waals surface area contributed by atoms with Gasteiger partial charge in [0, 0.05) is 36.6 Å². The fourth-order valence-electron chi connectivity index (χ4n) is 4.84. The zero-order valence-electron chi connectivity index (χ0n) is 21.6. The number of nitrogens with zero attached hydrogens (tertiary/aromatic N) is 4. The van der Waals surface area contributed by atoms with E-state index in [9.17, 15) is 8.42 Å². The van der Waals surface area contributed by atoms with Crippen LogP contribution in [0, 0.1) is 25.2 Å². The molecule has 5 rings (SSSR count). The van der Waals surface area contributed by atoms with Gasteiger partial charge in [-0.2, -0.15) is 23.4 Å². The molecule has 1 fully saturated rings. The smallest absolute Gasteiger partial charge is 0.274 e. The summed E-state index contributed by atoms with van der Waals surface area (Å²) in [5.41, 5.74) is 6.13. The van der Waals surface area contributed by atoms with E-state index in [2.05, 4.69) is 24.9 Å². The summed E-state index contributed by atoms with van der Waals surface area (Å²) in [5.74, 6) is 1.53. The number of hydrogen-bond donors (Lipinski definition) is 3. The van der Waals surface area contributed by atoms with Crippen molar-refractivity contribution in [3.05, 3.63) is 70.4 Å². The van der Waals surface area contributed by atoms with Crippen molar-refractivity contribution in [3.8, 4) is 17.7 Å². The van der Waals surface area contributed by atoms with Crippen molar-refractivity contribution in [3.63, 3.8) is 0 Å². The molecule has 3 aromatic rings. The molecule has 2 aromatic carbocycles. The van der Waals surface area contributed by atoms with Crippen LogP contribution in [0.1, 0.15) is 34.4 Å². The van der Waals surface area contributed by atoms with Crippen LogP contribution in [-0.2, 0) is 28.2 Å². The lowest BCUT2D eigenvalue weighted by Crippen LogP contribution is -2.40. The molecule has 2 aliphatic heterocycles. The zero-order chi connectivity index (χ0) is 27.6. The number of rotatable bonds is 8. The second-order valence-electron chi connectivity index (χ2n) is 9.59. The van der Waals surface area contributed by atoms with Crippen LogP contribution in [0.5, 0.6) is 11.6 Å². The number of nitriles is 1. The van der Waals surface area contributed by atoms with E-state index in [1.165, 1.54) is 6.08 Å². The summed E-state index contributed by atoms with van der Waals surface area (Å²) >= 11 is 0. The lowest BCUT2D eigenvalue weighted by atomic mass is 10.1. The summed E-state index contributed by atoms with van der Waals surface area (Å²) in [6, 6.07) is 13.5. The first-order chi connectivity index (χ1) is 18.7. The molecular weight excluding hydrogens is 518 g/mol. The molecule has 3 heterocycles. The van der Waals surface area contributed by atoms with E-state index in [4.69, 9.17) is 19.9 Å². The number of benzene rings is 2. The van der Waals surface area contributed by atoms with Gasteiger partial charge in [-0.25, -0.2) is 10.1 Å². The topological polar surface area (TPSA) is 155 Å². The molecule has 12 heteroatoms. The summed E-state index contributed by atoms with van der Waals surface area (Å²) in [7, 11) is -3.73. The molecule has 0 bridgehead atoms. The van der Waals surface area contributed by atoms with Gasteiger partial charge in [-0.1, -0.05) is 0 Å². The van der Waals surface area contributed by atoms with Gasteiger partial charge in [0.25, 0.3) is 10.2 Å². The number of anilines is 3. The number of aromatic nitrogens is 2. The second kappa shape index (κ2) is 11.0. The highest BCUT2D eigenvalue weighted by Gasteiger charge is 2.26. The molecule has 202 valence electrons. The predicted molar refractivity (Wildman–Crippen MR) is 148 cm³/mol. The number of hydrogen-bond acceptors (Lipinski definition) is 9. The van der Waals surface area contributed by atoms with Crippen LogP contribution in [0.4, 0.5) is 17.3 Å². The van der Waals surface area contributed by atoms with Gasteiger partial charge in [-0.05, 0) is 79.4 Å². The number of nitrogens with one attached hydrogen (secondary N) is 2. The summed E-state index contributed by atoms with van der Waals surface area (Å²) < 4.78 is 37.1. The van der Waals surface area contributed by atoms with Crippen molar-refractivity contribution >= 4 is 33.6 Å². The molecule has 0 amide bonds. The second-order valence-corrected chi connectivity index (χ2v) is 10.9. The van der Waals surface area contributed by atoms with Crippen molar-refractivity contribution in [2.45, 2.75) is 39.5 Å². The average Bonchev–Trinajstić information content (AvgIpc) is 3.54. The Morgan fingerprint density at radius 2 is 1.92 bits per heavy atom. The van der Waals surface area contributed by atoms with E-state index in [1.807, 2.05) is 56.3 Å². The Bertz CT molecular complexity index is 1540. The van der Waals surface area contributed by atoms with Gasteiger partial charge in [0.2, 0.25) is 11.8 Å². The minimum absolute atomic E-state index is 0.212. The van der Waals surface area contributed by atoms with Crippen LogP contribution in [0.15, 0.2) is 42.5 Å². The molecule has 4 N–H and O–H groups in total. The molecule has 0 spiro atoms. The summed E-state index contributed by atoms with van der Waals surface area (Å²) in [4.78, 5) is 11.4. The van der Waals surface area contributed by atoms with E-state index in [0.717, 1.165) is 45.9 Å². The van der Waals surface area contributed by atoms with Crippen LogP contribution < -0.4 is 24.8 Å². The Kier molecular flexibility index (Phi) is 7.49. The van der Waals surface area contributed by atoms with Gasteiger partial charge >= 0.3 is 0 Å². The lowest BCUT2D eigenvalue weighted by Gasteiger charge is -2.19. The van der Waals surface area contributed by atoms with Crippen molar-refractivity contribution < 1.29 is 17.9 Å². The Morgan fingerprint density at radius 3 is 2.62 bits per heavy atom. The van der Waals surface area contributed by atoms with Crippen molar-refractivity contribution in [2.75, 3.05) is 23.3 Å². The molecule has 39 heavy (non-hydrogen) atoms. The highest BCUT2D eigenvalue weighted by atomic mass is 32.2. The molecule has 1 aromatic heterocycles. The van der Waals surface area contributed by atoms with E-state index in [0.29, 0.717) is 43.8 Å². The van der Waals surface area contributed by atoms with Gasteiger partial charge in [-0.15, -0.1) is 0 Å². The standard InChI is InChI=1S/C27H29N7O4S/c1-17-12-19(4-3-10-28)13-18(2)25(17)38-26-23-15-37-16-24(23)31-27(32-26)30-20-5-7-22(8-6-20)34-11-9-21(14-34)33-39(29,35)36/h3-8,12-13,21,33H,9,11,14-16H2,1-2H3,(H2,29,35,36)(H,30,31,32)/b4-3+. The Balaban J connectivity index is 1.33. The van der Waals surface area contributed by atoms with Crippen molar-refractivity contribution in [2.24, 2.45) is 5.14 Å². The molecule has 0 saturated carbocycles. The van der Waals surface area contributed by atoms with E-state index in [-0.39, 0.29) is 6.04 Å². The first-order valence-corrected chi connectivity index (χ1v) is 14.0. The van der Waals surface area contributed by atoms with Crippen LogP contribution in [0.25, 0.3) is 6.08 Å². The number of aryl methyl sites for hydroxylation is 2. The maximum Gasteiger partial charge on any atom is 0.274 e. The van der Waals surface area contributed by atoms with Crippen LogP contribution in [0.3, 0.4) is 0 Å². The maximum atomic E-state index is 11.3. The monoisotopic (exact) mass is 547 g/mol. The third kappa shape index (κ3) is 6.35. The fraction of sp³-hybridized carbons (Fsp3) is 0.296. The van der Waals surface area contributed by atoms with Gasteiger partial charge in [0.1, 0.15) is 5.75 Å². The quantitative estimate of drug-likeness (QED) is 0.359. The van der Waals surface area contributed by atoms with Gasteiger partial charge in [0.05, 0.1) is 30.5 Å². The van der Waals surface area contributed by atoms with Crippen LogP contribution >= 0.6 is 0 Å². The molecule has 11 nitrogen and oxygen atoms in total. The van der Waals surface area contributed by atoms with Gasteiger partial charge in [-0.3, -0.25) is 0 Å². The predicted octanol–water partition coefficient (Wildman–Crippen LogP) is 3.57. The lowest BCUT2D eigenvalue weighted by molar-refractivity contribution is 0.132. The maximum absolute atomic E-state index is 11.3. The highest BCUT2D eigenvalue weighted by molar-refractivity contribution is 7.87. The molecule has 1 atom stereocenters. The van der Waals surface area contributed by atoms with Crippen molar-refractivity contribution in [1.29, 1.82) is 5.26 Å². The van der Waals surface area contributed by atoms with Gasteiger partial charge < -0.3 is 19.7 Å². The summed E-state index contributed by atoms with van der Waals surface area (Å²) in [5, 5.41) is 17.2. The minimum atomic E-state index is -3.73. The SMILES string of the molecule is Cc1cc(/C=C/C#N)cc(C)c1Oc1nc(Nc2ccc(N3CCC(NS(N)(=O)=O)C3)cc2)nc2c1COC2. The zero-order valence-corrected chi connectivity index (χ0v) is 22.5. The van der Waals surface area contributed by atoms with Crippen LogP contribution in [-0.4, -0.2) is 37.5 Å². The minimum Gasteiger partial charge on any atom is -0.438 e. The third-order valence-electron chi connectivity index (χ3n) is 6.58. The number of ether oxygens (including phenoxy) is 2. The van der Waals surface area contributed by atoms with E-state index < -0.39 is 10.2 Å².